The fraction of sp³-hybridized carbons (Fsp3) is 0.562. The summed E-state index contributed by atoms with van der Waals surface area (Å²) in [6.07, 6.45) is 2.44. The molecule has 1 atom stereocenters. The van der Waals surface area contributed by atoms with E-state index in [0.29, 0.717) is 12.0 Å². The van der Waals surface area contributed by atoms with Crippen molar-refractivity contribution in [1.29, 1.82) is 0 Å². The van der Waals surface area contributed by atoms with E-state index in [1.54, 1.807) is 0 Å². The number of thiophene rings is 1. The second-order valence-electron chi connectivity index (χ2n) is 5.96. The molecule has 3 nitrogen and oxygen atoms in total. The van der Waals surface area contributed by atoms with Gasteiger partial charge in [0.2, 0.25) is 0 Å². The van der Waals surface area contributed by atoms with Crippen molar-refractivity contribution >= 4 is 11.3 Å². The first-order valence-electron chi connectivity index (χ1n) is 7.38. The van der Waals surface area contributed by atoms with E-state index >= 15 is 0 Å². The lowest BCUT2D eigenvalue weighted by Crippen LogP contribution is -2.22. The van der Waals surface area contributed by atoms with Gasteiger partial charge in [-0.2, -0.15) is 0 Å². The molecular formula is C16H22N2OS. The van der Waals surface area contributed by atoms with Crippen molar-refractivity contribution in [2.24, 2.45) is 0 Å². The van der Waals surface area contributed by atoms with E-state index in [4.69, 9.17) is 4.52 Å². The lowest BCUT2D eigenvalue weighted by atomic mass is 10.1. The Labute approximate surface area is 124 Å². The molecule has 0 aliphatic carbocycles. The SMILES string of the molecule is Cc1ccsc1CN1CCC[C@@H]1c1cc(C(C)C)on1. The van der Waals surface area contributed by atoms with Crippen molar-refractivity contribution in [2.45, 2.75) is 52.1 Å². The third kappa shape index (κ3) is 2.67. The Morgan fingerprint density at radius 3 is 3.00 bits per heavy atom. The molecule has 0 spiro atoms. The van der Waals surface area contributed by atoms with E-state index in [2.05, 4.69) is 48.3 Å². The topological polar surface area (TPSA) is 29.3 Å². The highest BCUT2D eigenvalue weighted by Crippen LogP contribution is 2.34. The van der Waals surface area contributed by atoms with Gasteiger partial charge in [0.05, 0.1) is 6.04 Å². The fourth-order valence-corrected chi connectivity index (χ4v) is 3.76. The lowest BCUT2D eigenvalue weighted by Gasteiger charge is -2.22. The monoisotopic (exact) mass is 290 g/mol. The summed E-state index contributed by atoms with van der Waals surface area (Å²) in [6.45, 7) is 8.69. The maximum Gasteiger partial charge on any atom is 0.139 e. The molecule has 0 bridgehead atoms. The molecule has 0 unspecified atom stereocenters. The normalized spacial score (nSPS) is 20.1. The molecule has 0 saturated carbocycles. The zero-order valence-corrected chi connectivity index (χ0v) is 13.2. The summed E-state index contributed by atoms with van der Waals surface area (Å²) in [4.78, 5) is 4.02. The molecular weight excluding hydrogens is 268 g/mol. The molecule has 108 valence electrons. The van der Waals surface area contributed by atoms with Crippen molar-refractivity contribution in [3.8, 4) is 0 Å². The number of aryl methyl sites for hydroxylation is 1. The highest BCUT2D eigenvalue weighted by Gasteiger charge is 2.29. The van der Waals surface area contributed by atoms with Crippen LogP contribution in [0.5, 0.6) is 0 Å². The molecule has 0 N–H and O–H groups in total. The van der Waals surface area contributed by atoms with Crippen LogP contribution in [0.25, 0.3) is 0 Å². The molecule has 2 aromatic rings. The molecule has 0 aromatic carbocycles. The number of likely N-dealkylation sites (tertiary alicyclic amines) is 1. The van der Waals surface area contributed by atoms with E-state index < -0.39 is 0 Å². The molecule has 20 heavy (non-hydrogen) atoms. The van der Waals surface area contributed by atoms with Gasteiger partial charge in [-0.15, -0.1) is 11.3 Å². The van der Waals surface area contributed by atoms with Crippen molar-refractivity contribution < 1.29 is 4.52 Å². The minimum Gasteiger partial charge on any atom is -0.361 e. The van der Waals surface area contributed by atoms with Crippen LogP contribution in [0.3, 0.4) is 0 Å². The van der Waals surface area contributed by atoms with Crippen LogP contribution in [0.4, 0.5) is 0 Å². The van der Waals surface area contributed by atoms with Gasteiger partial charge in [0, 0.05) is 23.4 Å². The van der Waals surface area contributed by atoms with E-state index in [-0.39, 0.29) is 0 Å². The van der Waals surface area contributed by atoms with Gasteiger partial charge >= 0.3 is 0 Å². The third-order valence-electron chi connectivity index (χ3n) is 4.14. The summed E-state index contributed by atoms with van der Waals surface area (Å²) in [6, 6.07) is 4.78. The van der Waals surface area contributed by atoms with Gasteiger partial charge in [-0.3, -0.25) is 4.90 Å². The molecule has 1 aliphatic heterocycles. The van der Waals surface area contributed by atoms with Crippen molar-refractivity contribution in [1.82, 2.24) is 10.1 Å². The van der Waals surface area contributed by atoms with E-state index in [0.717, 1.165) is 24.5 Å². The number of hydrogen-bond donors (Lipinski definition) is 0. The molecule has 1 fully saturated rings. The summed E-state index contributed by atoms with van der Waals surface area (Å²) in [5.74, 6) is 1.41. The average Bonchev–Trinajstić information content (AvgIpc) is 3.11. The quantitative estimate of drug-likeness (QED) is 0.830. The molecule has 1 aliphatic rings. The summed E-state index contributed by atoms with van der Waals surface area (Å²) in [5.41, 5.74) is 2.52. The van der Waals surface area contributed by atoms with Gasteiger partial charge in [0.15, 0.2) is 0 Å². The predicted octanol–water partition coefficient (Wildman–Crippen LogP) is 4.51. The molecule has 4 heteroatoms. The molecule has 0 amide bonds. The van der Waals surface area contributed by atoms with Crippen LogP contribution in [0.15, 0.2) is 22.0 Å². The average molecular weight is 290 g/mol. The van der Waals surface area contributed by atoms with Crippen molar-refractivity contribution in [3.05, 3.63) is 39.4 Å². The van der Waals surface area contributed by atoms with Gasteiger partial charge < -0.3 is 4.52 Å². The summed E-state index contributed by atoms with van der Waals surface area (Å²) in [7, 11) is 0. The molecule has 1 saturated heterocycles. The maximum atomic E-state index is 5.47. The highest BCUT2D eigenvalue weighted by atomic mass is 32.1. The van der Waals surface area contributed by atoms with Gasteiger partial charge in [0.1, 0.15) is 11.5 Å². The first-order chi connectivity index (χ1) is 9.65. The van der Waals surface area contributed by atoms with Gasteiger partial charge in [0.25, 0.3) is 0 Å². The van der Waals surface area contributed by atoms with Crippen LogP contribution in [-0.4, -0.2) is 16.6 Å². The van der Waals surface area contributed by atoms with Crippen LogP contribution in [0.1, 0.15) is 60.5 Å². The van der Waals surface area contributed by atoms with Crippen LogP contribution in [0.2, 0.25) is 0 Å². The lowest BCUT2D eigenvalue weighted by molar-refractivity contribution is 0.237. The number of hydrogen-bond acceptors (Lipinski definition) is 4. The summed E-state index contributed by atoms with van der Waals surface area (Å²) >= 11 is 1.86. The van der Waals surface area contributed by atoms with Gasteiger partial charge in [-0.05, 0) is 43.3 Å². The van der Waals surface area contributed by atoms with E-state index in [9.17, 15) is 0 Å². The summed E-state index contributed by atoms with van der Waals surface area (Å²) < 4.78 is 5.47. The minimum atomic E-state index is 0.408. The first-order valence-corrected chi connectivity index (χ1v) is 8.26. The molecule has 2 aromatic heterocycles. The highest BCUT2D eigenvalue weighted by molar-refractivity contribution is 7.10. The first kappa shape index (κ1) is 13.8. The maximum absolute atomic E-state index is 5.47. The Morgan fingerprint density at radius 2 is 2.35 bits per heavy atom. The van der Waals surface area contributed by atoms with Crippen molar-refractivity contribution in [3.63, 3.8) is 0 Å². The predicted molar refractivity (Wildman–Crippen MR) is 82.0 cm³/mol. The Balaban J connectivity index is 1.76. The summed E-state index contributed by atoms with van der Waals surface area (Å²) in [5, 5.41) is 6.49. The Hall–Kier alpha value is -1.13. The smallest absolute Gasteiger partial charge is 0.139 e. The van der Waals surface area contributed by atoms with Crippen molar-refractivity contribution in [2.75, 3.05) is 6.54 Å². The van der Waals surface area contributed by atoms with Crippen LogP contribution in [-0.2, 0) is 6.54 Å². The second-order valence-corrected chi connectivity index (χ2v) is 6.96. The molecule has 0 radical (unpaired) electrons. The zero-order valence-electron chi connectivity index (χ0n) is 12.4. The van der Waals surface area contributed by atoms with Crippen LogP contribution in [0, 0.1) is 6.92 Å². The Bertz CT molecular complexity index is 573. The van der Waals surface area contributed by atoms with E-state index in [1.807, 2.05) is 11.3 Å². The Kier molecular flexibility index (Phi) is 3.94. The Morgan fingerprint density at radius 1 is 1.50 bits per heavy atom. The second kappa shape index (κ2) is 5.70. The standard InChI is InChI=1S/C16H22N2OS/c1-11(2)15-9-13(17-19-15)14-5-4-7-18(14)10-16-12(3)6-8-20-16/h6,8-9,11,14H,4-5,7,10H2,1-3H3/t14-/m1/s1. The van der Waals surface area contributed by atoms with Crippen LogP contribution < -0.4 is 0 Å². The van der Waals surface area contributed by atoms with Gasteiger partial charge in [-0.1, -0.05) is 19.0 Å². The zero-order chi connectivity index (χ0) is 14.1. The fourth-order valence-electron chi connectivity index (χ4n) is 2.83. The molecule has 3 heterocycles. The molecule has 3 rings (SSSR count). The van der Waals surface area contributed by atoms with Crippen LogP contribution >= 0.6 is 11.3 Å². The number of rotatable bonds is 4. The largest absolute Gasteiger partial charge is 0.361 e. The van der Waals surface area contributed by atoms with E-state index in [1.165, 1.54) is 23.3 Å². The third-order valence-corrected chi connectivity index (χ3v) is 5.14. The van der Waals surface area contributed by atoms with Gasteiger partial charge in [-0.25, -0.2) is 0 Å². The number of aromatic nitrogens is 1. The minimum absolute atomic E-state index is 0.408. The number of nitrogens with zero attached hydrogens (tertiary/aromatic N) is 2.